The zero-order valence-electron chi connectivity index (χ0n) is 8.28. The fraction of sp³-hybridized carbons (Fsp3) is 1.00. The van der Waals surface area contributed by atoms with Crippen LogP contribution < -0.4 is 14.7 Å². The Hall–Kier alpha value is 0.531. The van der Waals surface area contributed by atoms with Crippen molar-refractivity contribution in [3.63, 3.8) is 0 Å². The lowest BCUT2D eigenvalue weighted by Gasteiger charge is -2.31. The second kappa shape index (κ2) is 3.97. The lowest BCUT2D eigenvalue weighted by atomic mass is 11.9. The first-order chi connectivity index (χ1) is 4.77. The molecule has 0 aliphatic carbocycles. The van der Waals surface area contributed by atoms with Crippen molar-refractivity contribution in [2.45, 2.75) is 32.7 Å². The van der Waals surface area contributed by atoms with E-state index in [0.717, 1.165) is 0 Å². The Morgan fingerprint density at radius 2 is 1.64 bits per heavy atom. The van der Waals surface area contributed by atoms with E-state index in [4.69, 9.17) is 5.40 Å². The molecule has 0 aromatic heterocycles. The molecule has 0 saturated carbocycles. The van der Waals surface area contributed by atoms with Gasteiger partial charge in [0, 0.05) is 0 Å². The molecule has 0 saturated heterocycles. The van der Waals surface area contributed by atoms with Gasteiger partial charge < -0.3 is 14.7 Å². The van der Waals surface area contributed by atoms with Gasteiger partial charge in [-0.2, -0.15) is 0 Å². The van der Waals surface area contributed by atoms with E-state index >= 15 is 0 Å². The quantitative estimate of drug-likeness (QED) is 0.553. The van der Waals surface area contributed by atoms with Gasteiger partial charge in [0.15, 0.2) is 16.8 Å². The summed E-state index contributed by atoms with van der Waals surface area (Å²) in [5, 5.41) is 5.99. The molecule has 0 amide bonds. The monoisotopic (exact) mass is 207 g/mol. The predicted molar refractivity (Wildman–Crippen MR) is 59.8 cm³/mol. The molecule has 11 heavy (non-hydrogen) atoms. The van der Waals surface area contributed by atoms with Crippen LogP contribution in [-0.2, 0) is 0 Å². The van der Waals surface area contributed by atoms with Crippen molar-refractivity contribution in [3.05, 3.63) is 0 Å². The third-order valence-electron chi connectivity index (χ3n) is 1.25. The van der Waals surface area contributed by atoms with E-state index in [0.29, 0.717) is 0 Å². The van der Waals surface area contributed by atoms with Gasteiger partial charge in [-0.15, -0.1) is 0 Å². The number of nitrogens with one attached hydrogen (secondary N) is 2. The smallest absolute Gasteiger partial charge is 0.186 e. The van der Waals surface area contributed by atoms with Gasteiger partial charge in [0.05, 0.1) is 9.68 Å². The molecule has 0 fully saturated rings. The Kier molecular flexibility index (Phi) is 4.16. The highest BCUT2D eigenvalue weighted by molar-refractivity contribution is 6.90. The molecule has 6 heteroatoms. The third-order valence-corrected chi connectivity index (χ3v) is 11.3. The molecule has 0 spiro atoms. The van der Waals surface area contributed by atoms with Crippen molar-refractivity contribution in [3.8, 4) is 0 Å². The molecule has 0 heterocycles. The van der Waals surface area contributed by atoms with Gasteiger partial charge in [0.25, 0.3) is 0 Å². The van der Waals surface area contributed by atoms with Gasteiger partial charge in [0.1, 0.15) is 0 Å². The van der Waals surface area contributed by atoms with Crippen molar-refractivity contribution in [1.29, 1.82) is 0 Å². The largest absolute Gasteiger partial charge is 0.353 e. The van der Waals surface area contributed by atoms with Gasteiger partial charge >= 0.3 is 0 Å². The van der Waals surface area contributed by atoms with Crippen LogP contribution in [0.25, 0.3) is 0 Å². The maximum atomic E-state index is 5.99. The van der Waals surface area contributed by atoms with Gasteiger partial charge in [-0.1, -0.05) is 6.55 Å². The Balaban J connectivity index is 3.91. The minimum atomic E-state index is -1.56. The molecule has 0 rings (SSSR count). The molecule has 0 bridgehead atoms. The lowest BCUT2D eigenvalue weighted by molar-refractivity contribution is 1.20. The minimum Gasteiger partial charge on any atom is -0.353 e. The highest BCUT2D eigenvalue weighted by atomic mass is 28.4. The number of hydrogen-bond acceptors (Lipinski definition) is 3. The average molecular weight is 208 g/mol. The van der Waals surface area contributed by atoms with Crippen LogP contribution in [0.4, 0.5) is 0 Å². The summed E-state index contributed by atoms with van der Waals surface area (Å²) in [5.74, 6) is 0. The van der Waals surface area contributed by atoms with Crippen molar-refractivity contribution in [2.75, 3.05) is 0 Å². The predicted octanol–water partition coefficient (Wildman–Crippen LogP) is -0.340. The van der Waals surface area contributed by atoms with Crippen LogP contribution in [-0.4, -0.2) is 26.5 Å². The van der Waals surface area contributed by atoms with Crippen LogP contribution >= 0.6 is 0 Å². The molecule has 0 aromatic carbocycles. The Labute approximate surface area is 74.4 Å². The van der Waals surface area contributed by atoms with Crippen molar-refractivity contribution in [1.82, 2.24) is 9.30 Å². The lowest BCUT2D eigenvalue weighted by Crippen LogP contribution is -2.70. The topological polar surface area (TPSA) is 50.1 Å². The van der Waals surface area contributed by atoms with Gasteiger partial charge in [-0.05, 0) is 26.2 Å². The molecule has 0 radical (unpaired) electrons. The molecular weight excluding hydrogens is 186 g/mol. The first kappa shape index (κ1) is 11.5. The van der Waals surface area contributed by atoms with Gasteiger partial charge in [-0.25, -0.2) is 0 Å². The number of rotatable bonds is 4. The highest BCUT2D eigenvalue weighted by Gasteiger charge is 2.27. The highest BCUT2D eigenvalue weighted by Crippen LogP contribution is 1.95. The second-order valence-electron chi connectivity index (χ2n) is 4.00. The van der Waals surface area contributed by atoms with Crippen LogP contribution in [0.1, 0.15) is 0 Å². The molecule has 0 aliphatic heterocycles. The molecule has 68 valence electrons. The summed E-state index contributed by atoms with van der Waals surface area (Å²) < 4.78 is 7.18. The van der Waals surface area contributed by atoms with E-state index in [-0.39, 0.29) is 9.68 Å². The average Bonchev–Trinajstić information content (AvgIpc) is 1.55. The second-order valence-corrected chi connectivity index (χ2v) is 13.8. The van der Waals surface area contributed by atoms with Gasteiger partial charge in [0.2, 0.25) is 0 Å². The maximum Gasteiger partial charge on any atom is 0.186 e. The van der Waals surface area contributed by atoms with Crippen molar-refractivity contribution >= 4 is 26.5 Å². The number of nitrogens with two attached hydrogens (primary N) is 1. The van der Waals surface area contributed by atoms with E-state index in [1.54, 1.807) is 0 Å². The molecule has 4 N–H and O–H groups in total. The first-order valence-corrected chi connectivity index (χ1v) is 12.3. The van der Waals surface area contributed by atoms with E-state index in [1.165, 1.54) is 0 Å². The van der Waals surface area contributed by atoms with E-state index < -0.39 is 16.8 Å². The standard InChI is InChI=1S/C5H21N3Si3/c1-9-7-11(4,5)8-10(2,3)6/h7-8H,6,9H2,1-5H3. The van der Waals surface area contributed by atoms with Crippen molar-refractivity contribution in [2.24, 2.45) is 5.40 Å². The van der Waals surface area contributed by atoms with E-state index in [9.17, 15) is 0 Å². The van der Waals surface area contributed by atoms with Crippen LogP contribution in [0.5, 0.6) is 0 Å². The summed E-state index contributed by atoms with van der Waals surface area (Å²) in [7, 11) is -2.94. The Bertz CT molecular complexity index is 121. The fourth-order valence-electron chi connectivity index (χ4n) is 1.29. The zero-order valence-corrected chi connectivity index (χ0v) is 11.7. The summed E-state index contributed by atoms with van der Waals surface area (Å²) in [6.07, 6.45) is 0. The molecule has 0 aliphatic rings. The SMILES string of the molecule is C[SiH2]N[Si](C)(C)N[Si](C)(C)N. The molecule has 3 nitrogen and oxygen atoms in total. The molecule has 0 unspecified atom stereocenters. The molecule has 0 aromatic rings. The minimum absolute atomic E-state index is 0.0432. The Morgan fingerprint density at radius 1 is 1.18 bits per heavy atom. The van der Waals surface area contributed by atoms with E-state index in [2.05, 4.69) is 42.0 Å². The summed E-state index contributed by atoms with van der Waals surface area (Å²) in [6.45, 7) is 11.1. The van der Waals surface area contributed by atoms with Crippen LogP contribution in [0.15, 0.2) is 0 Å². The maximum absolute atomic E-state index is 5.99. The summed E-state index contributed by atoms with van der Waals surface area (Å²) in [6, 6.07) is 0. The summed E-state index contributed by atoms with van der Waals surface area (Å²) in [4.78, 5) is 0. The summed E-state index contributed by atoms with van der Waals surface area (Å²) >= 11 is 0. The zero-order chi connectivity index (χ0) is 9.12. The van der Waals surface area contributed by atoms with Crippen LogP contribution in [0, 0.1) is 0 Å². The number of hydrogen-bond donors (Lipinski definition) is 3. The van der Waals surface area contributed by atoms with Crippen LogP contribution in [0.3, 0.4) is 0 Å². The fourth-order valence-corrected chi connectivity index (χ4v) is 12.4. The third kappa shape index (κ3) is 6.91. The van der Waals surface area contributed by atoms with E-state index in [1.807, 2.05) is 0 Å². The first-order valence-electron chi connectivity index (χ1n) is 4.10. The van der Waals surface area contributed by atoms with Gasteiger partial charge in [-0.3, -0.25) is 0 Å². The summed E-state index contributed by atoms with van der Waals surface area (Å²) in [5.41, 5.74) is 0. The van der Waals surface area contributed by atoms with Crippen LogP contribution in [0.2, 0.25) is 32.7 Å². The molecular formula is C5H21N3Si3. The normalized spacial score (nSPS) is 14.7. The van der Waals surface area contributed by atoms with Crippen molar-refractivity contribution < 1.29 is 0 Å². The molecule has 0 atom stereocenters. The Morgan fingerprint density at radius 3 is 1.91 bits per heavy atom.